The molecule has 1 aliphatic rings. The van der Waals surface area contributed by atoms with Crippen molar-refractivity contribution in [2.75, 3.05) is 18.5 Å². The Morgan fingerprint density at radius 2 is 2.04 bits per heavy atom. The third-order valence-electron chi connectivity index (χ3n) is 3.80. The summed E-state index contributed by atoms with van der Waals surface area (Å²) in [6.45, 7) is 1.57. The highest BCUT2D eigenvalue weighted by molar-refractivity contribution is 7.89. The molecule has 128 valence electrons. The lowest BCUT2D eigenvalue weighted by atomic mass is 10.2. The molecule has 1 atom stereocenters. The molecular formula is C16H20N4O3S. The number of nitrogens with zero attached hydrogens (tertiary/aromatic N) is 2. The van der Waals surface area contributed by atoms with Gasteiger partial charge in [-0.25, -0.2) is 18.1 Å². The second-order valence-corrected chi connectivity index (χ2v) is 7.34. The summed E-state index contributed by atoms with van der Waals surface area (Å²) < 4.78 is 32.6. The lowest BCUT2D eigenvalue weighted by Gasteiger charge is -2.12. The first-order valence-corrected chi connectivity index (χ1v) is 9.32. The Kier molecular flexibility index (Phi) is 5.39. The summed E-state index contributed by atoms with van der Waals surface area (Å²) in [5, 5.41) is 3.13. The van der Waals surface area contributed by atoms with Crippen LogP contribution in [0.3, 0.4) is 0 Å². The van der Waals surface area contributed by atoms with Gasteiger partial charge >= 0.3 is 0 Å². The van der Waals surface area contributed by atoms with E-state index in [9.17, 15) is 8.42 Å². The van der Waals surface area contributed by atoms with Crippen molar-refractivity contribution in [3.63, 3.8) is 0 Å². The van der Waals surface area contributed by atoms with E-state index in [0.717, 1.165) is 18.4 Å². The maximum absolute atomic E-state index is 12.3. The van der Waals surface area contributed by atoms with Gasteiger partial charge in [-0.05, 0) is 30.5 Å². The van der Waals surface area contributed by atoms with Gasteiger partial charge in [0, 0.05) is 32.1 Å². The zero-order valence-corrected chi connectivity index (χ0v) is 14.0. The topological polar surface area (TPSA) is 93.2 Å². The van der Waals surface area contributed by atoms with Crippen molar-refractivity contribution in [3.8, 4) is 0 Å². The Morgan fingerprint density at radius 1 is 1.21 bits per heavy atom. The lowest BCUT2D eigenvalue weighted by molar-refractivity contribution is 0.114. The van der Waals surface area contributed by atoms with Crippen molar-refractivity contribution < 1.29 is 13.2 Å². The zero-order chi connectivity index (χ0) is 16.8. The molecular weight excluding hydrogens is 328 g/mol. The van der Waals surface area contributed by atoms with Crippen LogP contribution in [0.25, 0.3) is 0 Å². The van der Waals surface area contributed by atoms with Crippen LogP contribution < -0.4 is 10.0 Å². The number of ether oxygens (including phenoxy) is 1. The number of hydrogen-bond acceptors (Lipinski definition) is 6. The van der Waals surface area contributed by atoms with Gasteiger partial charge in [0.15, 0.2) is 0 Å². The van der Waals surface area contributed by atoms with Crippen molar-refractivity contribution in [2.45, 2.75) is 30.4 Å². The zero-order valence-electron chi connectivity index (χ0n) is 13.2. The average Bonchev–Trinajstić information content (AvgIpc) is 3.13. The van der Waals surface area contributed by atoms with Crippen LogP contribution in [-0.2, 0) is 21.3 Å². The third kappa shape index (κ3) is 4.50. The molecule has 0 radical (unpaired) electrons. The summed E-state index contributed by atoms with van der Waals surface area (Å²) in [4.78, 5) is 8.35. The Labute approximate surface area is 141 Å². The van der Waals surface area contributed by atoms with E-state index in [1.165, 1.54) is 0 Å². The molecule has 1 aliphatic heterocycles. The van der Waals surface area contributed by atoms with Crippen molar-refractivity contribution in [1.29, 1.82) is 0 Å². The van der Waals surface area contributed by atoms with Crippen molar-refractivity contribution >= 4 is 15.8 Å². The van der Waals surface area contributed by atoms with E-state index in [2.05, 4.69) is 20.0 Å². The van der Waals surface area contributed by atoms with E-state index in [4.69, 9.17) is 4.74 Å². The van der Waals surface area contributed by atoms with Gasteiger partial charge in [-0.2, -0.15) is 0 Å². The molecule has 0 spiro atoms. The minimum Gasteiger partial charge on any atom is -0.377 e. The van der Waals surface area contributed by atoms with E-state index < -0.39 is 10.0 Å². The van der Waals surface area contributed by atoms with Gasteiger partial charge in [0.2, 0.25) is 10.0 Å². The molecule has 2 aromatic rings. The fourth-order valence-corrected chi connectivity index (χ4v) is 3.53. The highest BCUT2D eigenvalue weighted by Crippen LogP contribution is 2.14. The van der Waals surface area contributed by atoms with Crippen LogP contribution in [0.1, 0.15) is 18.4 Å². The maximum atomic E-state index is 12.3. The Bertz CT molecular complexity index is 745. The van der Waals surface area contributed by atoms with Gasteiger partial charge in [0.05, 0.1) is 17.2 Å². The van der Waals surface area contributed by atoms with Gasteiger partial charge < -0.3 is 10.1 Å². The number of sulfonamides is 1. The van der Waals surface area contributed by atoms with E-state index in [-0.39, 0.29) is 11.0 Å². The minimum absolute atomic E-state index is 0.0183. The van der Waals surface area contributed by atoms with Crippen molar-refractivity contribution in [1.82, 2.24) is 14.7 Å². The summed E-state index contributed by atoms with van der Waals surface area (Å²) in [6, 6.07) is 6.77. The standard InChI is InChI=1S/C16H20N4O3S/c21-24(22,20-11-14-2-1-9-23-14)15-5-3-13(4-6-15)10-19-16-12-17-7-8-18-16/h3-8,12,14,20H,1-2,9-11H2,(H,18,19). The van der Waals surface area contributed by atoms with E-state index >= 15 is 0 Å². The quantitative estimate of drug-likeness (QED) is 0.788. The van der Waals surface area contributed by atoms with Gasteiger partial charge in [0.25, 0.3) is 0 Å². The molecule has 0 aliphatic carbocycles. The molecule has 1 aromatic heterocycles. The summed E-state index contributed by atoms with van der Waals surface area (Å²) in [6.07, 6.45) is 6.71. The smallest absolute Gasteiger partial charge is 0.240 e. The van der Waals surface area contributed by atoms with Crippen molar-refractivity contribution in [3.05, 3.63) is 48.4 Å². The van der Waals surface area contributed by atoms with Crippen LogP contribution in [0.5, 0.6) is 0 Å². The third-order valence-corrected chi connectivity index (χ3v) is 5.23. The van der Waals surface area contributed by atoms with Gasteiger partial charge in [-0.15, -0.1) is 0 Å². The number of rotatable bonds is 7. The first-order chi connectivity index (χ1) is 11.6. The van der Waals surface area contributed by atoms with Gasteiger partial charge in [0.1, 0.15) is 5.82 Å². The molecule has 2 N–H and O–H groups in total. The number of hydrogen-bond donors (Lipinski definition) is 2. The summed E-state index contributed by atoms with van der Waals surface area (Å²) in [5.41, 5.74) is 0.957. The normalized spacial score (nSPS) is 17.8. The molecule has 1 saturated heterocycles. The van der Waals surface area contributed by atoms with E-state index in [1.807, 2.05) is 0 Å². The molecule has 8 heteroatoms. The molecule has 0 bridgehead atoms. The highest BCUT2D eigenvalue weighted by Gasteiger charge is 2.20. The molecule has 24 heavy (non-hydrogen) atoms. The SMILES string of the molecule is O=S(=O)(NCC1CCCO1)c1ccc(CNc2cnccn2)cc1. The van der Waals surface area contributed by atoms with Crippen LogP contribution >= 0.6 is 0 Å². The molecule has 3 rings (SSSR count). The molecule has 0 saturated carbocycles. The predicted octanol–water partition coefficient (Wildman–Crippen LogP) is 1.55. The minimum atomic E-state index is -3.50. The molecule has 1 unspecified atom stereocenters. The van der Waals surface area contributed by atoms with Crippen molar-refractivity contribution in [2.24, 2.45) is 0 Å². The molecule has 7 nitrogen and oxygen atoms in total. The van der Waals surface area contributed by atoms with Crippen LogP contribution in [0.4, 0.5) is 5.82 Å². The Morgan fingerprint density at radius 3 is 2.71 bits per heavy atom. The first-order valence-electron chi connectivity index (χ1n) is 7.83. The van der Waals surface area contributed by atoms with Crippen LogP contribution in [0.15, 0.2) is 47.8 Å². The first kappa shape index (κ1) is 16.8. The second kappa shape index (κ2) is 7.69. The average molecular weight is 348 g/mol. The van der Waals surface area contributed by atoms with E-state index in [0.29, 0.717) is 25.5 Å². The maximum Gasteiger partial charge on any atom is 0.240 e. The highest BCUT2D eigenvalue weighted by atomic mass is 32.2. The van der Waals surface area contributed by atoms with Crippen LogP contribution in [0.2, 0.25) is 0 Å². The second-order valence-electron chi connectivity index (χ2n) is 5.58. The van der Waals surface area contributed by atoms with Gasteiger partial charge in [-0.1, -0.05) is 12.1 Å². The summed E-state index contributed by atoms with van der Waals surface area (Å²) in [5.74, 6) is 0.674. The molecule has 1 fully saturated rings. The fourth-order valence-electron chi connectivity index (χ4n) is 2.46. The fraction of sp³-hybridized carbons (Fsp3) is 0.375. The number of anilines is 1. The molecule has 0 amide bonds. The van der Waals surface area contributed by atoms with E-state index in [1.54, 1.807) is 42.9 Å². The summed E-state index contributed by atoms with van der Waals surface area (Å²) >= 11 is 0. The number of benzene rings is 1. The Balaban J connectivity index is 1.56. The van der Waals surface area contributed by atoms with Gasteiger partial charge in [-0.3, -0.25) is 4.98 Å². The summed E-state index contributed by atoms with van der Waals surface area (Å²) in [7, 11) is -3.50. The predicted molar refractivity (Wildman–Crippen MR) is 90.0 cm³/mol. The largest absolute Gasteiger partial charge is 0.377 e. The monoisotopic (exact) mass is 348 g/mol. The number of aromatic nitrogens is 2. The van der Waals surface area contributed by atoms with Crippen LogP contribution in [0, 0.1) is 0 Å². The molecule has 1 aromatic carbocycles. The lowest BCUT2D eigenvalue weighted by Crippen LogP contribution is -2.31. The molecule has 2 heterocycles. The Hall–Kier alpha value is -2.03. The number of nitrogens with one attached hydrogen (secondary N) is 2. The van der Waals surface area contributed by atoms with Crippen LogP contribution in [-0.4, -0.2) is 37.6 Å².